The van der Waals surface area contributed by atoms with Crippen LogP contribution >= 0.6 is 0 Å². The fourth-order valence-corrected chi connectivity index (χ4v) is 2.39. The Morgan fingerprint density at radius 3 is 2.25 bits per heavy atom. The Hall–Kier alpha value is -3.60. The van der Waals surface area contributed by atoms with Gasteiger partial charge in [0.05, 0.1) is 6.21 Å². The molecule has 3 aromatic carbocycles. The van der Waals surface area contributed by atoms with Gasteiger partial charge in [0.2, 0.25) is 0 Å². The molecule has 142 valence electrons. The Labute approximate surface area is 164 Å². The molecule has 1 amide bonds. The number of carbonyl (C=O) groups is 1. The van der Waals surface area contributed by atoms with Gasteiger partial charge in [-0.3, -0.25) is 4.79 Å². The van der Waals surface area contributed by atoms with Crippen molar-refractivity contribution >= 4 is 12.1 Å². The van der Waals surface area contributed by atoms with Crippen LogP contribution in [0.4, 0.5) is 0 Å². The second-order valence-electron chi connectivity index (χ2n) is 6.24. The quantitative estimate of drug-likeness (QED) is 0.477. The van der Waals surface area contributed by atoms with Crippen molar-refractivity contribution < 1.29 is 14.3 Å². The number of hydrogen-bond acceptors (Lipinski definition) is 4. The minimum atomic E-state index is -0.320. The van der Waals surface area contributed by atoms with Gasteiger partial charge in [0, 0.05) is 0 Å². The number of ether oxygens (including phenoxy) is 2. The maximum atomic E-state index is 11.8. The lowest BCUT2D eigenvalue weighted by atomic mass is 10.2. The largest absolute Gasteiger partial charge is 0.489 e. The number of aryl methyl sites for hydroxylation is 1. The normalized spacial score (nSPS) is 10.6. The molecular weight excluding hydrogens is 352 g/mol. The second kappa shape index (κ2) is 9.92. The monoisotopic (exact) mass is 374 g/mol. The average molecular weight is 374 g/mol. The van der Waals surface area contributed by atoms with E-state index in [0.717, 1.165) is 22.4 Å². The van der Waals surface area contributed by atoms with Crippen molar-refractivity contribution in [3.8, 4) is 11.5 Å². The molecule has 0 spiro atoms. The van der Waals surface area contributed by atoms with Crippen LogP contribution in [0.15, 0.2) is 84.0 Å². The molecular formula is C23H22N2O3. The fourth-order valence-electron chi connectivity index (χ4n) is 2.39. The highest BCUT2D eigenvalue weighted by molar-refractivity contribution is 5.83. The molecule has 0 saturated carbocycles. The van der Waals surface area contributed by atoms with Crippen molar-refractivity contribution in [3.63, 3.8) is 0 Å². The average Bonchev–Trinajstić information content (AvgIpc) is 2.73. The van der Waals surface area contributed by atoms with E-state index in [4.69, 9.17) is 9.47 Å². The molecule has 0 heterocycles. The van der Waals surface area contributed by atoms with Crippen molar-refractivity contribution in [3.05, 3.63) is 95.6 Å². The number of carbonyl (C=O) groups excluding carboxylic acids is 1. The van der Waals surface area contributed by atoms with Crippen LogP contribution in [-0.4, -0.2) is 18.7 Å². The zero-order valence-corrected chi connectivity index (χ0v) is 15.7. The maximum absolute atomic E-state index is 11.8. The van der Waals surface area contributed by atoms with Gasteiger partial charge in [-0.15, -0.1) is 0 Å². The zero-order chi connectivity index (χ0) is 19.6. The van der Waals surface area contributed by atoms with Gasteiger partial charge in [-0.25, -0.2) is 5.43 Å². The second-order valence-corrected chi connectivity index (χ2v) is 6.24. The molecule has 0 atom stereocenters. The Morgan fingerprint density at radius 2 is 1.54 bits per heavy atom. The lowest BCUT2D eigenvalue weighted by molar-refractivity contribution is -0.123. The molecule has 5 nitrogen and oxygen atoms in total. The Bertz CT molecular complexity index is 905. The molecule has 0 fully saturated rings. The first kappa shape index (κ1) is 19.2. The highest BCUT2D eigenvalue weighted by atomic mass is 16.5. The number of nitrogens with one attached hydrogen (secondary N) is 1. The van der Waals surface area contributed by atoms with E-state index in [0.29, 0.717) is 12.4 Å². The summed E-state index contributed by atoms with van der Waals surface area (Å²) in [6.45, 7) is 2.42. The smallest absolute Gasteiger partial charge is 0.277 e. The van der Waals surface area contributed by atoms with Crippen LogP contribution in [0.25, 0.3) is 0 Å². The summed E-state index contributed by atoms with van der Waals surface area (Å²) in [4.78, 5) is 11.8. The van der Waals surface area contributed by atoms with Gasteiger partial charge in [0.1, 0.15) is 18.1 Å². The lowest BCUT2D eigenvalue weighted by Gasteiger charge is -2.06. The molecule has 3 aromatic rings. The predicted molar refractivity (Wildman–Crippen MR) is 110 cm³/mol. The van der Waals surface area contributed by atoms with Crippen molar-refractivity contribution in [2.75, 3.05) is 6.61 Å². The van der Waals surface area contributed by atoms with Crippen LogP contribution in [0.5, 0.6) is 11.5 Å². The van der Waals surface area contributed by atoms with Crippen molar-refractivity contribution in [2.24, 2.45) is 5.10 Å². The molecule has 0 aromatic heterocycles. The Kier molecular flexibility index (Phi) is 6.79. The number of benzene rings is 3. The van der Waals surface area contributed by atoms with E-state index < -0.39 is 0 Å². The lowest BCUT2D eigenvalue weighted by Crippen LogP contribution is -2.24. The first-order valence-corrected chi connectivity index (χ1v) is 8.97. The van der Waals surface area contributed by atoms with Crippen molar-refractivity contribution in [1.29, 1.82) is 0 Å². The Balaban J connectivity index is 1.41. The molecule has 0 aliphatic carbocycles. The first-order chi connectivity index (χ1) is 13.7. The van der Waals surface area contributed by atoms with Crippen LogP contribution in [-0.2, 0) is 11.4 Å². The molecule has 5 heteroatoms. The van der Waals surface area contributed by atoms with E-state index in [2.05, 4.69) is 10.5 Å². The van der Waals surface area contributed by atoms with Gasteiger partial charge in [0.25, 0.3) is 5.91 Å². The predicted octanol–water partition coefficient (Wildman–Crippen LogP) is 4.10. The highest BCUT2D eigenvalue weighted by Crippen LogP contribution is 2.13. The molecule has 3 rings (SSSR count). The van der Waals surface area contributed by atoms with Crippen molar-refractivity contribution in [2.45, 2.75) is 13.5 Å². The molecule has 0 saturated heterocycles. The Morgan fingerprint density at radius 1 is 0.893 bits per heavy atom. The van der Waals surface area contributed by atoms with Gasteiger partial charge in [0.15, 0.2) is 6.61 Å². The van der Waals surface area contributed by atoms with Crippen LogP contribution in [0.2, 0.25) is 0 Å². The van der Waals surface area contributed by atoms with Crippen LogP contribution in [0.3, 0.4) is 0 Å². The van der Waals surface area contributed by atoms with Gasteiger partial charge >= 0.3 is 0 Å². The summed E-state index contributed by atoms with van der Waals surface area (Å²) in [5.74, 6) is 1.10. The summed E-state index contributed by atoms with van der Waals surface area (Å²) in [7, 11) is 0. The number of hydrazone groups is 1. The molecule has 0 unspecified atom stereocenters. The summed E-state index contributed by atoms with van der Waals surface area (Å²) in [6.07, 6.45) is 1.57. The molecule has 0 radical (unpaired) electrons. The minimum Gasteiger partial charge on any atom is -0.489 e. The fraction of sp³-hybridized carbons (Fsp3) is 0.130. The van der Waals surface area contributed by atoms with E-state index in [1.807, 2.05) is 85.8 Å². The molecule has 1 N–H and O–H groups in total. The van der Waals surface area contributed by atoms with E-state index in [1.165, 1.54) is 0 Å². The van der Waals surface area contributed by atoms with Crippen molar-refractivity contribution in [1.82, 2.24) is 5.43 Å². The van der Waals surface area contributed by atoms with Gasteiger partial charge in [-0.05, 0) is 54.4 Å². The van der Waals surface area contributed by atoms with E-state index in [1.54, 1.807) is 6.21 Å². The summed E-state index contributed by atoms with van der Waals surface area (Å²) < 4.78 is 11.1. The number of amides is 1. The topological polar surface area (TPSA) is 59.9 Å². The van der Waals surface area contributed by atoms with Gasteiger partial charge in [-0.2, -0.15) is 5.10 Å². The molecule has 0 bridgehead atoms. The molecule has 28 heavy (non-hydrogen) atoms. The minimum absolute atomic E-state index is 0.0906. The standard InChI is InChI=1S/C23H22N2O3/c1-18-7-11-21(12-8-18)28-17-23(26)25-24-15-19-9-13-22(14-10-19)27-16-20-5-3-2-4-6-20/h2-15H,16-17H2,1H3,(H,25,26)/b24-15+. The number of hydrogen-bond donors (Lipinski definition) is 1. The van der Waals surface area contributed by atoms with Gasteiger partial charge in [-0.1, -0.05) is 48.0 Å². The maximum Gasteiger partial charge on any atom is 0.277 e. The summed E-state index contributed by atoms with van der Waals surface area (Å²) in [5, 5.41) is 3.95. The van der Waals surface area contributed by atoms with E-state index >= 15 is 0 Å². The molecule has 0 aliphatic rings. The summed E-state index contributed by atoms with van der Waals surface area (Å²) in [6, 6.07) is 25.0. The van der Waals surface area contributed by atoms with Crippen LogP contribution in [0.1, 0.15) is 16.7 Å². The summed E-state index contributed by atoms with van der Waals surface area (Å²) >= 11 is 0. The zero-order valence-electron chi connectivity index (χ0n) is 15.7. The summed E-state index contributed by atoms with van der Waals surface area (Å²) in [5.41, 5.74) is 5.55. The van der Waals surface area contributed by atoms with Gasteiger partial charge < -0.3 is 9.47 Å². The molecule has 0 aliphatic heterocycles. The number of rotatable bonds is 8. The number of nitrogens with zero attached hydrogens (tertiary/aromatic N) is 1. The first-order valence-electron chi connectivity index (χ1n) is 8.97. The van der Waals surface area contributed by atoms with Crippen LogP contribution < -0.4 is 14.9 Å². The third-order valence-electron chi connectivity index (χ3n) is 3.92. The van der Waals surface area contributed by atoms with E-state index in [-0.39, 0.29) is 12.5 Å². The third-order valence-corrected chi connectivity index (χ3v) is 3.92. The third kappa shape index (κ3) is 6.29. The van der Waals surface area contributed by atoms with Crippen LogP contribution in [0, 0.1) is 6.92 Å². The van der Waals surface area contributed by atoms with E-state index in [9.17, 15) is 4.79 Å². The highest BCUT2D eigenvalue weighted by Gasteiger charge is 2.01. The SMILES string of the molecule is Cc1ccc(OCC(=O)N/N=C/c2ccc(OCc3ccccc3)cc2)cc1.